The number of benzene rings is 2. The Morgan fingerprint density at radius 1 is 0.912 bits per heavy atom. The van der Waals surface area contributed by atoms with Crippen molar-refractivity contribution in [2.45, 2.75) is 6.42 Å². The molecule has 5 aliphatic rings. The molecule has 1 aliphatic heterocycles. The maximum atomic E-state index is 13.2. The summed E-state index contributed by atoms with van der Waals surface area (Å²) in [6.45, 7) is -0.480. The maximum absolute atomic E-state index is 13.2. The molecule has 0 spiro atoms. The van der Waals surface area contributed by atoms with Gasteiger partial charge in [0.25, 0.3) is 0 Å². The number of imide groups is 1. The second kappa shape index (κ2) is 7.79. The molecule has 34 heavy (non-hydrogen) atoms. The largest absolute Gasteiger partial charge is 0.454 e. The van der Waals surface area contributed by atoms with Gasteiger partial charge in [-0.05, 0) is 72.6 Å². The van der Waals surface area contributed by atoms with E-state index in [1.54, 1.807) is 12.1 Å². The Morgan fingerprint density at radius 2 is 1.53 bits per heavy atom. The molecular formula is C26H19Cl2NO5. The lowest BCUT2D eigenvalue weighted by molar-refractivity contribution is -0.124. The highest BCUT2D eigenvalue weighted by atomic mass is 35.5. The summed E-state index contributed by atoms with van der Waals surface area (Å²) >= 11 is 11.9. The van der Waals surface area contributed by atoms with Gasteiger partial charge in [-0.25, -0.2) is 4.79 Å². The third-order valence-corrected chi connectivity index (χ3v) is 8.14. The van der Waals surface area contributed by atoms with Gasteiger partial charge in [-0.15, -0.1) is 0 Å². The lowest BCUT2D eigenvalue weighted by Crippen LogP contribution is -2.40. The summed E-state index contributed by atoms with van der Waals surface area (Å²) in [5.74, 6) is -0.621. The van der Waals surface area contributed by atoms with Crippen LogP contribution in [0.15, 0.2) is 54.6 Å². The molecular weight excluding hydrogens is 477 g/mol. The van der Waals surface area contributed by atoms with Crippen molar-refractivity contribution in [3.05, 3.63) is 75.8 Å². The van der Waals surface area contributed by atoms with Crippen LogP contribution in [0.4, 0.5) is 5.69 Å². The van der Waals surface area contributed by atoms with E-state index in [9.17, 15) is 19.2 Å². The van der Waals surface area contributed by atoms with Crippen molar-refractivity contribution in [1.82, 2.24) is 0 Å². The zero-order valence-corrected chi connectivity index (χ0v) is 19.3. The minimum atomic E-state index is -0.694. The van der Waals surface area contributed by atoms with Gasteiger partial charge in [0.05, 0.1) is 28.1 Å². The zero-order chi connectivity index (χ0) is 23.7. The minimum absolute atomic E-state index is 0.152. The van der Waals surface area contributed by atoms with Crippen LogP contribution in [-0.4, -0.2) is 30.2 Å². The van der Waals surface area contributed by atoms with Crippen LogP contribution >= 0.6 is 23.2 Å². The topological polar surface area (TPSA) is 80.8 Å². The van der Waals surface area contributed by atoms with Gasteiger partial charge >= 0.3 is 5.97 Å². The van der Waals surface area contributed by atoms with E-state index in [-0.39, 0.29) is 51.6 Å². The first-order chi connectivity index (χ1) is 16.3. The summed E-state index contributed by atoms with van der Waals surface area (Å²) in [5, 5.41) is 0.577. The molecule has 6 nitrogen and oxygen atoms in total. The fraction of sp³-hybridized carbons (Fsp3) is 0.308. The second-order valence-electron chi connectivity index (χ2n) is 9.34. The molecule has 2 saturated carbocycles. The van der Waals surface area contributed by atoms with Crippen molar-refractivity contribution in [3.63, 3.8) is 0 Å². The van der Waals surface area contributed by atoms with E-state index in [0.29, 0.717) is 22.5 Å². The molecule has 0 N–H and O–H groups in total. The summed E-state index contributed by atoms with van der Waals surface area (Å²) in [4.78, 5) is 52.5. The molecule has 2 aromatic carbocycles. The van der Waals surface area contributed by atoms with Crippen LogP contribution in [0.5, 0.6) is 0 Å². The molecule has 8 heteroatoms. The molecule has 7 rings (SSSR count). The Bertz CT molecular complexity index is 1250. The Balaban J connectivity index is 1.14. The van der Waals surface area contributed by atoms with Crippen LogP contribution in [-0.2, 0) is 14.3 Å². The zero-order valence-electron chi connectivity index (χ0n) is 17.8. The number of rotatable bonds is 5. The number of ketones is 1. The average Bonchev–Trinajstić information content (AvgIpc) is 3.61. The Kier molecular flexibility index (Phi) is 4.94. The molecule has 0 aromatic heterocycles. The normalized spacial score (nSPS) is 30.2. The van der Waals surface area contributed by atoms with Crippen molar-refractivity contribution in [3.8, 4) is 0 Å². The number of anilines is 1. The van der Waals surface area contributed by atoms with Gasteiger partial charge < -0.3 is 4.74 Å². The predicted octanol–water partition coefficient (Wildman–Crippen LogP) is 4.59. The van der Waals surface area contributed by atoms with Gasteiger partial charge in [0.2, 0.25) is 17.6 Å². The van der Waals surface area contributed by atoms with Gasteiger partial charge in [0.1, 0.15) is 0 Å². The summed E-state index contributed by atoms with van der Waals surface area (Å²) < 4.78 is 5.13. The van der Waals surface area contributed by atoms with Crippen LogP contribution in [0.25, 0.3) is 0 Å². The summed E-state index contributed by atoms with van der Waals surface area (Å²) in [6.07, 6.45) is 5.37. The number of hydrogen-bond acceptors (Lipinski definition) is 5. The molecule has 6 atom stereocenters. The molecule has 3 fully saturated rings. The van der Waals surface area contributed by atoms with Gasteiger partial charge in [0.15, 0.2) is 6.61 Å². The number of halogens is 2. The molecule has 1 saturated heterocycles. The number of ether oxygens (including phenoxy) is 1. The SMILES string of the molecule is O=C(OCC(=O)c1ccc(Cl)cc1Cl)c1ccc(N2C(=O)[C@@H]3[C@H]4C=C[C@@H]([C@@H]5C[C@H]45)[C@H]3C2=O)cc1. The highest BCUT2D eigenvalue weighted by Gasteiger charge is 2.67. The van der Waals surface area contributed by atoms with E-state index in [2.05, 4.69) is 12.2 Å². The first-order valence-electron chi connectivity index (χ1n) is 11.2. The molecule has 2 bridgehead atoms. The van der Waals surface area contributed by atoms with Gasteiger partial charge in [-0.2, -0.15) is 0 Å². The quantitative estimate of drug-likeness (QED) is 0.262. The molecule has 0 radical (unpaired) electrons. The lowest BCUT2D eigenvalue weighted by Gasteiger charge is -2.37. The van der Waals surface area contributed by atoms with Crippen LogP contribution in [0.2, 0.25) is 10.0 Å². The highest BCUT2D eigenvalue weighted by molar-refractivity contribution is 6.36. The van der Waals surface area contributed by atoms with E-state index in [4.69, 9.17) is 27.9 Å². The summed E-state index contributed by atoms with van der Waals surface area (Å²) in [7, 11) is 0. The number of Topliss-reactive ketones (excluding diaryl/α,β-unsaturated/α-hetero) is 1. The third-order valence-electron chi connectivity index (χ3n) is 7.59. The monoisotopic (exact) mass is 495 g/mol. The Morgan fingerprint density at radius 3 is 2.12 bits per heavy atom. The van der Waals surface area contributed by atoms with E-state index in [0.717, 1.165) is 6.42 Å². The maximum Gasteiger partial charge on any atom is 0.338 e. The molecule has 2 amide bonds. The van der Waals surface area contributed by atoms with Crippen LogP contribution in [0.1, 0.15) is 27.1 Å². The van der Waals surface area contributed by atoms with Crippen molar-refractivity contribution in [2.75, 3.05) is 11.5 Å². The van der Waals surface area contributed by atoms with Gasteiger partial charge in [-0.1, -0.05) is 35.4 Å². The molecule has 4 aliphatic carbocycles. The van der Waals surface area contributed by atoms with Crippen molar-refractivity contribution >= 4 is 52.5 Å². The van der Waals surface area contributed by atoms with Gasteiger partial charge in [-0.3, -0.25) is 19.3 Å². The van der Waals surface area contributed by atoms with Crippen LogP contribution in [0.3, 0.4) is 0 Å². The number of hydrogen-bond donors (Lipinski definition) is 0. The van der Waals surface area contributed by atoms with Gasteiger partial charge in [0, 0.05) is 10.6 Å². The van der Waals surface area contributed by atoms with Crippen molar-refractivity contribution in [2.24, 2.45) is 35.5 Å². The van der Waals surface area contributed by atoms with E-state index >= 15 is 0 Å². The van der Waals surface area contributed by atoms with Crippen molar-refractivity contribution < 1.29 is 23.9 Å². The average molecular weight is 496 g/mol. The predicted molar refractivity (Wildman–Crippen MR) is 125 cm³/mol. The fourth-order valence-corrected chi connectivity index (χ4v) is 6.48. The number of carbonyl (C=O) groups excluding carboxylic acids is 4. The van der Waals surface area contributed by atoms with Crippen LogP contribution in [0, 0.1) is 35.5 Å². The molecule has 172 valence electrons. The van der Waals surface area contributed by atoms with E-state index in [1.807, 2.05) is 0 Å². The minimum Gasteiger partial charge on any atom is -0.454 e. The first-order valence-corrected chi connectivity index (χ1v) is 11.9. The van der Waals surface area contributed by atoms with E-state index in [1.165, 1.54) is 35.2 Å². The van der Waals surface area contributed by atoms with Crippen LogP contribution < -0.4 is 4.90 Å². The number of amides is 2. The Labute approximate surface area is 205 Å². The first kappa shape index (κ1) is 21.6. The second-order valence-corrected chi connectivity index (χ2v) is 10.2. The number of esters is 1. The smallest absolute Gasteiger partial charge is 0.338 e. The third kappa shape index (κ3) is 3.23. The number of allylic oxidation sites excluding steroid dienone is 2. The van der Waals surface area contributed by atoms with E-state index < -0.39 is 18.4 Å². The molecule has 0 unspecified atom stereocenters. The molecule has 2 aromatic rings. The Hall–Kier alpha value is -2.96. The number of nitrogens with zero attached hydrogens (tertiary/aromatic N) is 1. The summed E-state index contributed by atoms with van der Waals surface area (Å²) in [6, 6.07) is 10.6. The van der Waals surface area contributed by atoms with Crippen molar-refractivity contribution in [1.29, 1.82) is 0 Å². The lowest BCUT2D eigenvalue weighted by atomic mass is 9.63. The summed E-state index contributed by atoms with van der Waals surface area (Å²) in [5.41, 5.74) is 0.860. The fourth-order valence-electron chi connectivity index (χ4n) is 5.97. The molecule has 1 heterocycles. The standard InChI is InChI=1S/C26H19Cl2NO5/c27-13-3-6-17(20(28)9-13)21(30)11-34-26(33)12-1-4-14(5-2-12)29-24(31)22-15-7-8-16(19-10-18(15)19)23(22)25(29)32/h1-9,15-16,18-19,22-23H,10-11H2/t15-,16-,18-,19+,22+,23+/m0/s1. The number of carbonyl (C=O) groups is 4. The highest BCUT2D eigenvalue weighted by Crippen LogP contribution is 2.65.